The first-order valence-electron chi connectivity index (χ1n) is 4.64. The summed E-state index contributed by atoms with van der Waals surface area (Å²) in [5, 5.41) is 2.98. The van der Waals surface area contributed by atoms with Crippen LogP contribution in [-0.2, 0) is 11.3 Å². The van der Waals surface area contributed by atoms with E-state index in [0.717, 1.165) is 0 Å². The third-order valence-corrected chi connectivity index (χ3v) is 1.91. The van der Waals surface area contributed by atoms with Gasteiger partial charge < -0.3 is 11.1 Å². The summed E-state index contributed by atoms with van der Waals surface area (Å²) in [6.07, 6.45) is 0. The van der Waals surface area contributed by atoms with Crippen molar-refractivity contribution in [2.45, 2.75) is 20.4 Å². The zero-order chi connectivity index (χ0) is 10.6. The molecule has 0 aliphatic carbocycles. The fourth-order valence-electron chi connectivity index (χ4n) is 1.50. The van der Waals surface area contributed by atoms with E-state index < -0.39 is 0 Å². The molecule has 1 aromatic rings. The second-order valence-electron chi connectivity index (χ2n) is 3.57. The van der Waals surface area contributed by atoms with Crippen LogP contribution in [0, 0.1) is 13.8 Å². The highest BCUT2D eigenvalue weighted by Crippen LogP contribution is 2.08. The number of primary amides is 1. The average Bonchev–Trinajstić information content (AvgIpc) is 2.01. The van der Waals surface area contributed by atoms with Gasteiger partial charge in [-0.05, 0) is 19.4 Å². The van der Waals surface area contributed by atoms with Gasteiger partial charge in [-0.1, -0.05) is 29.3 Å². The van der Waals surface area contributed by atoms with E-state index in [-0.39, 0.29) is 12.5 Å². The lowest BCUT2D eigenvalue weighted by Crippen LogP contribution is -2.28. The summed E-state index contributed by atoms with van der Waals surface area (Å²) in [6, 6.07) is 6.32. The highest BCUT2D eigenvalue weighted by atomic mass is 16.1. The van der Waals surface area contributed by atoms with Gasteiger partial charge in [0.25, 0.3) is 0 Å². The van der Waals surface area contributed by atoms with Gasteiger partial charge >= 0.3 is 0 Å². The second-order valence-corrected chi connectivity index (χ2v) is 3.57. The van der Waals surface area contributed by atoms with Gasteiger partial charge in [0, 0.05) is 6.54 Å². The van der Waals surface area contributed by atoms with Crippen LogP contribution < -0.4 is 11.1 Å². The molecule has 0 aliphatic heterocycles. The molecule has 0 heterocycles. The Labute approximate surface area is 84.3 Å². The first kappa shape index (κ1) is 10.7. The lowest BCUT2D eigenvalue weighted by Gasteiger charge is -2.05. The Bertz CT molecular complexity index is 314. The van der Waals surface area contributed by atoms with E-state index in [2.05, 4.69) is 37.4 Å². The summed E-state index contributed by atoms with van der Waals surface area (Å²) in [5.41, 5.74) is 8.67. The van der Waals surface area contributed by atoms with Crippen molar-refractivity contribution >= 4 is 5.91 Å². The Kier molecular flexibility index (Phi) is 3.65. The summed E-state index contributed by atoms with van der Waals surface area (Å²) in [4.78, 5) is 10.5. The van der Waals surface area contributed by atoms with Gasteiger partial charge in [0.05, 0.1) is 6.54 Å². The summed E-state index contributed by atoms with van der Waals surface area (Å²) in [7, 11) is 0. The van der Waals surface area contributed by atoms with E-state index in [4.69, 9.17) is 5.73 Å². The second kappa shape index (κ2) is 4.77. The third kappa shape index (κ3) is 3.58. The highest BCUT2D eigenvalue weighted by Gasteiger charge is 1.97. The molecule has 1 aromatic carbocycles. The number of hydrogen-bond acceptors (Lipinski definition) is 2. The molecule has 3 heteroatoms. The van der Waals surface area contributed by atoms with Crippen LogP contribution in [0.3, 0.4) is 0 Å². The van der Waals surface area contributed by atoms with Gasteiger partial charge in [-0.25, -0.2) is 0 Å². The average molecular weight is 192 g/mol. The molecule has 3 nitrogen and oxygen atoms in total. The van der Waals surface area contributed by atoms with Crippen LogP contribution in [0.25, 0.3) is 0 Å². The summed E-state index contributed by atoms with van der Waals surface area (Å²) in [6.45, 7) is 5.04. The molecule has 0 aromatic heterocycles. The number of carbonyl (C=O) groups excluding carboxylic acids is 1. The topological polar surface area (TPSA) is 55.1 Å². The molecule has 14 heavy (non-hydrogen) atoms. The standard InChI is InChI=1S/C11H16N2O/c1-8-3-9(2)5-10(4-8)6-13-7-11(12)14/h3-5,13H,6-7H2,1-2H3,(H2,12,14). The zero-order valence-corrected chi connectivity index (χ0v) is 8.63. The maximum absolute atomic E-state index is 10.5. The molecular formula is C11H16N2O. The molecule has 0 atom stereocenters. The first-order valence-corrected chi connectivity index (χ1v) is 4.64. The molecule has 76 valence electrons. The molecule has 0 bridgehead atoms. The van der Waals surface area contributed by atoms with Crippen LogP contribution in [0.1, 0.15) is 16.7 Å². The van der Waals surface area contributed by atoms with E-state index in [1.54, 1.807) is 0 Å². The molecule has 0 spiro atoms. The van der Waals surface area contributed by atoms with Crippen LogP contribution in [0.2, 0.25) is 0 Å². The van der Waals surface area contributed by atoms with Gasteiger partial charge in [0.2, 0.25) is 5.91 Å². The first-order chi connectivity index (χ1) is 6.58. The van der Waals surface area contributed by atoms with Gasteiger partial charge in [-0.3, -0.25) is 4.79 Å². The Morgan fingerprint density at radius 1 is 1.29 bits per heavy atom. The third-order valence-electron chi connectivity index (χ3n) is 1.91. The number of nitrogens with two attached hydrogens (primary N) is 1. The maximum atomic E-state index is 10.5. The van der Waals surface area contributed by atoms with E-state index in [1.165, 1.54) is 16.7 Å². The molecule has 0 saturated carbocycles. The quantitative estimate of drug-likeness (QED) is 0.744. The monoisotopic (exact) mass is 192 g/mol. The minimum absolute atomic E-state index is 0.229. The maximum Gasteiger partial charge on any atom is 0.231 e. The van der Waals surface area contributed by atoms with Crippen molar-refractivity contribution < 1.29 is 4.79 Å². The van der Waals surface area contributed by atoms with Crippen molar-refractivity contribution in [3.63, 3.8) is 0 Å². The number of rotatable bonds is 4. The van der Waals surface area contributed by atoms with Crippen LogP contribution in [0.4, 0.5) is 0 Å². The number of hydrogen-bond donors (Lipinski definition) is 2. The molecule has 3 N–H and O–H groups in total. The van der Waals surface area contributed by atoms with E-state index in [0.29, 0.717) is 6.54 Å². The minimum Gasteiger partial charge on any atom is -0.369 e. The Balaban J connectivity index is 2.54. The Morgan fingerprint density at radius 2 is 1.86 bits per heavy atom. The van der Waals surface area contributed by atoms with Crippen molar-refractivity contribution in [1.29, 1.82) is 0 Å². The number of amides is 1. The van der Waals surface area contributed by atoms with Crippen molar-refractivity contribution in [3.8, 4) is 0 Å². The van der Waals surface area contributed by atoms with E-state index >= 15 is 0 Å². The molecule has 1 amide bonds. The highest BCUT2D eigenvalue weighted by molar-refractivity contribution is 5.75. The van der Waals surface area contributed by atoms with Crippen LogP contribution >= 0.6 is 0 Å². The van der Waals surface area contributed by atoms with Crippen LogP contribution in [0.5, 0.6) is 0 Å². The lowest BCUT2D eigenvalue weighted by atomic mass is 10.1. The number of nitrogens with one attached hydrogen (secondary N) is 1. The van der Waals surface area contributed by atoms with Crippen molar-refractivity contribution in [3.05, 3.63) is 34.9 Å². The number of aryl methyl sites for hydroxylation is 2. The molecule has 0 aliphatic rings. The van der Waals surface area contributed by atoms with Crippen molar-refractivity contribution in [1.82, 2.24) is 5.32 Å². The van der Waals surface area contributed by atoms with Crippen LogP contribution in [0.15, 0.2) is 18.2 Å². The van der Waals surface area contributed by atoms with Gasteiger partial charge in [-0.15, -0.1) is 0 Å². The van der Waals surface area contributed by atoms with Crippen molar-refractivity contribution in [2.24, 2.45) is 5.73 Å². The summed E-state index contributed by atoms with van der Waals surface area (Å²) >= 11 is 0. The number of benzene rings is 1. The molecule has 1 rings (SSSR count). The molecule has 0 saturated heterocycles. The van der Waals surface area contributed by atoms with Gasteiger partial charge in [-0.2, -0.15) is 0 Å². The molecular weight excluding hydrogens is 176 g/mol. The lowest BCUT2D eigenvalue weighted by molar-refractivity contribution is -0.117. The minimum atomic E-state index is -0.325. The molecule has 0 unspecified atom stereocenters. The summed E-state index contributed by atoms with van der Waals surface area (Å²) < 4.78 is 0. The van der Waals surface area contributed by atoms with Crippen LogP contribution in [-0.4, -0.2) is 12.5 Å². The van der Waals surface area contributed by atoms with Crippen molar-refractivity contribution in [2.75, 3.05) is 6.54 Å². The zero-order valence-electron chi connectivity index (χ0n) is 8.63. The Hall–Kier alpha value is -1.35. The fourth-order valence-corrected chi connectivity index (χ4v) is 1.50. The largest absolute Gasteiger partial charge is 0.369 e. The normalized spacial score (nSPS) is 10.1. The predicted molar refractivity (Wildman–Crippen MR) is 56.8 cm³/mol. The fraction of sp³-hybridized carbons (Fsp3) is 0.364. The molecule has 0 fully saturated rings. The van der Waals surface area contributed by atoms with Gasteiger partial charge in [0.1, 0.15) is 0 Å². The summed E-state index contributed by atoms with van der Waals surface area (Å²) in [5.74, 6) is -0.325. The molecule has 0 radical (unpaired) electrons. The Morgan fingerprint density at radius 3 is 2.36 bits per heavy atom. The number of carbonyl (C=O) groups is 1. The predicted octanol–water partition coefficient (Wildman–Crippen LogP) is 0.878. The van der Waals surface area contributed by atoms with Gasteiger partial charge in [0.15, 0.2) is 0 Å². The van der Waals surface area contributed by atoms with E-state index in [9.17, 15) is 4.79 Å². The smallest absolute Gasteiger partial charge is 0.231 e. The SMILES string of the molecule is Cc1cc(C)cc(CNCC(N)=O)c1. The van der Waals surface area contributed by atoms with E-state index in [1.807, 2.05) is 0 Å².